The molecule has 2 aromatic rings. The molecule has 1 aromatic heterocycles. The summed E-state index contributed by atoms with van der Waals surface area (Å²) in [5, 5.41) is 5.75. The number of carbonyl (C=O) groups excluding carboxylic acids is 2. The van der Waals surface area contributed by atoms with E-state index in [-0.39, 0.29) is 17.0 Å². The van der Waals surface area contributed by atoms with Crippen LogP contribution in [0.5, 0.6) is 0 Å². The van der Waals surface area contributed by atoms with Crippen molar-refractivity contribution in [2.75, 3.05) is 7.11 Å². The average Bonchev–Trinajstić information content (AvgIpc) is 3.04. The van der Waals surface area contributed by atoms with E-state index in [1.807, 2.05) is 0 Å². The van der Waals surface area contributed by atoms with E-state index in [1.54, 1.807) is 0 Å². The van der Waals surface area contributed by atoms with Crippen LogP contribution in [0.3, 0.4) is 0 Å². The van der Waals surface area contributed by atoms with Crippen LogP contribution in [-0.2, 0) is 15.7 Å². The maximum atomic E-state index is 12.5. The van der Waals surface area contributed by atoms with Crippen molar-refractivity contribution < 1.29 is 32.0 Å². The average molecular weight is 357 g/mol. The summed E-state index contributed by atoms with van der Waals surface area (Å²) >= 11 is 0. The summed E-state index contributed by atoms with van der Waals surface area (Å²) in [6, 6.07) is 5.46. The van der Waals surface area contributed by atoms with Gasteiger partial charge in [0.15, 0.2) is 0 Å². The number of rotatable bonds is 4. The normalized spacial score (nSPS) is 11.9. The number of halogens is 3. The molecule has 134 valence electrons. The Kier molecular flexibility index (Phi) is 4.82. The van der Waals surface area contributed by atoms with Gasteiger partial charge in [-0.05, 0) is 26.0 Å². The predicted octanol–water partition coefficient (Wildman–Crippen LogP) is 2.44. The number of aromatic nitrogens is 2. The Hall–Kier alpha value is -2.91. The lowest BCUT2D eigenvalue weighted by atomic mass is 10.0. The van der Waals surface area contributed by atoms with Crippen LogP contribution >= 0.6 is 0 Å². The fourth-order valence-electron chi connectivity index (χ4n) is 1.89. The summed E-state index contributed by atoms with van der Waals surface area (Å²) in [6.45, 7) is 2.95. The zero-order chi connectivity index (χ0) is 18.8. The summed E-state index contributed by atoms with van der Waals surface area (Å²) in [4.78, 5) is 27.0. The molecule has 0 aliphatic heterocycles. The van der Waals surface area contributed by atoms with Crippen molar-refractivity contribution in [1.29, 1.82) is 0 Å². The molecule has 0 unspecified atom stereocenters. The van der Waals surface area contributed by atoms with Gasteiger partial charge >= 0.3 is 18.0 Å². The summed E-state index contributed by atoms with van der Waals surface area (Å²) < 4.78 is 46.1. The van der Waals surface area contributed by atoms with Crippen LogP contribution < -0.4 is 5.32 Å². The minimum Gasteiger partial charge on any atom is -0.467 e. The van der Waals surface area contributed by atoms with Gasteiger partial charge in [-0.1, -0.05) is 17.3 Å². The first-order valence-corrected chi connectivity index (χ1v) is 6.97. The summed E-state index contributed by atoms with van der Waals surface area (Å²) in [7, 11) is 1.20. The number of carbonyl (C=O) groups is 2. The first kappa shape index (κ1) is 18.4. The fraction of sp³-hybridized carbons (Fsp3) is 0.333. The summed E-state index contributed by atoms with van der Waals surface area (Å²) in [5.41, 5.74) is -0.803. The van der Waals surface area contributed by atoms with Gasteiger partial charge in [-0.2, -0.15) is 18.2 Å². The molecule has 10 heteroatoms. The maximum Gasteiger partial charge on any atom is 0.471 e. The second kappa shape index (κ2) is 6.54. The molecule has 2 rings (SSSR count). The molecule has 0 fully saturated rings. The second-order valence-electron chi connectivity index (χ2n) is 5.57. The quantitative estimate of drug-likeness (QED) is 0.845. The number of nitrogens with zero attached hydrogens (tertiary/aromatic N) is 2. The monoisotopic (exact) mass is 357 g/mol. The number of ether oxygens (including phenoxy) is 1. The smallest absolute Gasteiger partial charge is 0.467 e. The molecular formula is C15H14F3N3O4. The molecule has 0 aliphatic rings. The van der Waals surface area contributed by atoms with Crippen molar-refractivity contribution in [3.05, 3.63) is 35.7 Å². The van der Waals surface area contributed by atoms with E-state index in [2.05, 4.69) is 24.7 Å². The van der Waals surface area contributed by atoms with Crippen LogP contribution in [0, 0.1) is 0 Å². The van der Waals surface area contributed by atoms with E-state index in [9.17, 15) is 22.8 Å². The highest BCUT2D eigenvalue weighted by atomic mass is 19.4. The topological polar surface area (TPSA) is 94.3 Å². The number of hydrogen-bond acceptors (Lipinski definition) is 6. The first-order chi connectivity index (χ1) is 11.5. The summed E-state index contributed by atoms with van der Waals surface area (Å²) in [5.74, 6) is -2.88. The van der Waals surface area contributed by atoms with Crippen LogP contribution in [0.1, 0.15) is 30.1 Å². The van der Waals surface area contributed by atoms with E-state index in [0.717, 1.165) is 0 Å². The molecule has 0 spiro atoms. The lowest BCUT2D eigenvalue weighted by molar-refractivity contribution is -0.159. The molecular weight excluding hydrogens is 343 g/mol. The Bertz CT molecular complexity index is 782. The third-order valence-electron chi connectivity index (χ3n) is 3.20. The van der Waals surface area contributed by atoms with E-state index in [0.29, 0.717) is 0 Å². The van der Waals surface area contributed by atoms with Gasteiger partial charge in [-0.3, -0.25) is 4.79 Å². The van der Waals surface area contributed by atoms with Crippen LogP contribution in [0.2, 0.25) is 0 Å². The Morgan fingerprint density at radius 1 is 1.16 bits per heavy atom. The molecule has 7 nitrogen and oxygen atoms in total. The van der Waals surface area contributed by atoms with Crippen LogP contribution in [-0.4, -0.2) is 34.7 Å². The van der Waals surface area contributed by atoms with E-state index >= 15 is 0 Å². The molecule has 0 atom stereocenters. The minimum absolute atomic E-state index is 0.195. The Morgan fingerprint density at radius 3 is 2.24 bits per heavy atom. The molecule has 1 amide bonds. The number of amides is 1. The summed E-state index contributed by atoms with van der Waals surface area (Å²) in [6.07, 6.45) is -4.73. The lowest BCUT2D eigenvalue weighted by Crippen LogP contribution is -2.50. The Labute approximate surface area is 140 Å². The molecule has 1 N–H and O–H groups in total. The van der Waals surface area contributed by atoms with E-state index < -0.39 is 29.5 Å². The zero-order valence-corrected chi connectivity index (χ0v) is 13.5. The fourth-order valence-corrected chi connectivity index (χ4v) is 1.89. The second-order valence-corrected chi connectivity index (χ2v) is 5.57. The van der Waals surface area contributed by atoms with Gasteiger partial charge in [0.1, 0.15) is 5.54 Å². The van der Waals surface area contributed by atoms with E-state index in [4.69, 9.17) is 0 Å². The van der Waals surface area contributed by atoms with Crippen molar-refractivity contribution >= 4 is 11.9 Å². The largest absolute Gasteiger partial charge is 0.471 e. The van der Waals surface area contributed by atoms with Crippen molar-refractivity contribution in [2.45, 2.75) is 25.6 Å². The van der Waals surface area contributed by atoms with Crippen LogP contribution in [0.25, 0.3) is 11.4 Å². The molecule has 0 saturated carbocycles. The van der Waals surface area contributed by atoms with Gasteiger partial charge in [0.05, 0.1) is 7.11 Å². The number of benzene rings is 1. The lowest BCUT2D eigenvalue weighted by Gasteiger charge is -2.23. The molecule has 0 bridgehead atoms. The SMILES string of the molecule is COC(=O)C(C)(C)NC(=O)c1ccc(-c2noc(C(F)(F)F)n2)cc1. The van der Waals surface area contributed by atoms with Gasteiger partial charge in [0.2, 0.25) is 5.82 Å². The third-order valence-corrected chi connectivity index (χ3v) is 3.20. The molecule has 0 radical (unpaired) electrons. The number of hydrogen-bond donors (Lipinski definition) is 1. The highest BCUT2D eigenvalue weighted by Crippen LogP contribution is 2.29. The van der Waals surface area contributed by atoms with Crippen molar-refractivity contribution in [1.82, 2.24) is 15.5 Å². The maximum absolute atomic E-state index is 12.5. The third kappa shape index (κ3) is 4.14. The molecule has 1 heterocycles. The van der Waals surface area contributed by atoms with Gasteiger partial charge in [0.25, 0.3) is 5.91 Å². The highest BCUT2D eigenvalue weighted by molar-refractivity contribution is 5.98. The molecule has 0 aliphatic carbocycles. The van der Waals surface area contributed by atoms with Crippen molar-refractivity contribution in [2.24, 2.45) is 0 Å². The van der Waals surface area contributed by atoms with Gasteiger partial charge in [-0.15, -0.1) is 0 Å². The van der Waals surface area contributed by atoms with Crippen LogP contribution in [0.4, 0.5) is 13.2 Å². The van der Waals surface area contributed by atoms with Crippen molar-refractivity contribution in [3.8, 4) is 11.4 Å². The number of nitrogens with one attached hydrogen (secondary N) is 1. The predicted molar refractivity (Wildman–Crippen MR) is 78.3 cm³/mol. The van der Waals surface area contributed by atoms with Crippen molar-refractivity contribution in [3.63, 3.8) is 0 Å². The molecule has 1 aromatic carbocycles. The van der Waals surface area contributed by atoms with Gasteiger partial charge in [0, 0.05) is 11.1 Å². The minimum atomic E-state index is -4.73. The van der Waals surface area contributed by atoms with Gasteiger partial charge in [-0.25, -0.2) is 4.79 Å². The number of esters is 1. The standard InChI is InChI=1S/C15H14F3N3O4/c1-14(2,13(23)24-3)20-11(22)9-6-4-8(5-7-9)10-19-12(25-21-10)15(16,17)18/h4-7H,1-3H3,(H,20,22). The number of methoxy groups -OCH3 is 1. The Balaban J connectivity index is 2.16. The molecule has 0 saturated heterocycles. The van der Waals surface area contributed by atoms with Gasteiger partial charge < -0.3 is 14.6 Å². The van der Waals surface area contributed by atoms with Crippen LogP contribution in [0.15, 0.2) is 28.8 Å². The zero-order valence-electron chi connectivity index (χ0n) is 13.5. The van der Waals surface area contributed by atoms with E-state index in [1.165, 1.54) is 45.2 Å². The Morgan fingerprint density at radius 2 is 1.76 bits per heavy atom. The highest BCUT2D eigenvalue weighted by Gasteiger charge is 2.38. The first-order valence-electron chi connectivity index (χ1n) is 6.97. The number of alkyl halides is 3. The molecule has 25 heavy (non-hydrogen) atoms.